The number of allylic oxidation sites excluding steroid dienone is 16. The normalized spacial score (nSPS) is 23.0. The maximum atomic E-state index is 12.8. The Morgan fingerprint density at radius 1 is 0.525 bits per heavy atom. The minimum absolute atomic E-state index is 0.0267. The highest BCUT2D eigenvalue weighted by atomic mass is 31.2. The maximum absolute atomic E-state index is 12.8. The van der Waals surface area contributed by atoms with Crippen molar-refractivity contribution in [2.45, 2.75) is 172 Å². The third kappa shape index (κ3) is 28.9. The number of aliphatic hydroxyl groups excluding tert-OH is 5. The van der Waals surface area contributed by atoms with Crippen LogP contribution in [0.1, 0.15) is 129 Å². The molecule has 0 aliphatic heterocycles. The molecule has 0 saturated heterocycles. The number of esters is 2. The van der Waals surface area contributed by atoms with E-state index < -0.39 is 75.7 Å². The molecule has 6 N–H and O–H groups in total. The van der Waals surface area contributed by atoms with E-state index in [1.54, 1.807) is 0 Å². The first-order valence-corrected chi connectivity index (χ1v) is 23.5. The van der Waals surface area contributed by atoms with Crippen molar-refractivity contribution in [3.63, 3.8) is 0 Å². The van der Waals surface area contributed by atoms with E-state index in [0.29, 0.717) is 25.7 Å². The van der Waals surface area contributed by atoms with Gasteiger partial charge < -0.3 is 39.9 Å². The number of phosphoric acid groups is 1. The summed E-state index contributed by atoms with van der Waals surface area (Å²) < 4.78 is 33.4. The second-order valence-electron chi connectivity index (χ2n) is 14.8. The quantitative estimate of drug-likeness (QED) is 0.0156. The molecular weight excluding hydrogens is 803 g/mol. The van der Waals surface area contributed by atoms with E-state index in [1.807, 2.05) is 18.2 Å². The average molecular weight is 879 g/mol. The first kappa shape index (κ1) is 55.8. The summed E-state index contributed by atoms with van der Waals surface area (Å²) in [5.41, 5.74) is 0. The van der Waals surface area contributed by atoms with Crippen LogP contribution >= 0.6 is 7.82 Å². The van der Waals surface area contributed by atoms with Gasteiger partial charge >= 0.3 is 19.8 Å². The lowest BCUT2D eigenvalue weighted by molar-refractivity contribution is -0.220. The topological polar surface area (TPSA) is 210 Å². The molecule has 0 radical (unpaired) electrons. The van der Waals surface area contributed by atoms with Gasteiger partial charge in [-0.3, -0.25) is 18.6 Å². The molecule has 14 heteroatoms. The van der Waals surface area contributed by atoms with Crippen LogP contribution in [0.25, 0.3) is 0 Å². The van der Waals surface area contributed by atoms with Gasteiger partial charge in [-0.25, -0.2) is 4.57 Å². The summed E-state index contributed by atoms with van der Waals surface area (Å²) in [6, 6.07) is 0. The lowest BCUT2D eigenvalue weighted by Gasteiger charge is -2.41. The summed E-state index contributed by atoms with van der Waals surface area (Å²) in [5, 5.41) is 50.1. The van der Waals surface area contributed by atoms with Crippen LogP contribution in [0.15, 0.2) is 97.2 Å². The van der Waals surface area contributed by atoms with Gasteiger partial charge in [0.2, 0.25) is 0 Å². The minimum atomic E-state index is -5.15. The van der Waals surface area contributed by atoms with Crippen LogP contribution in [-0.4, -0.2) is 98.3 Å². The minimum Gasteiger partial charge on any atom is -0.462 e. The van der Waals surface area contributed by atoms with Crippen molar-refractivity contribution in [3.05, 3.63) is 97.2 Å². The average Bonchev–Trinajstić information content (AvgIpc) is 3.24. The van der Waals surface area contributed by atoms with Crippen LogP contribution < -0.4 is 0 Å². The van der Waals surface area contributed by atoms with E-state index in [9.17, 15) is 44.6 Å². The van der Waals surface area contributed by atoms with Gasteiger partial charge in [0.15, 0.2) is 6.10 Å². The van der Waals surface area contributed by atoms with Gasteiger partial charge in [-0.15, -0.1) is 0 Å². The van der Waals surface area contributed by atoms with E-state index in [2.05, 4.69) is 92.8 Å². The number of ether oxygens (including phenoxy) is 2. The van der Waals surface area contributed by atoms with E-state index in [0.717, 1.165) is 57.8 Å². The van der Waals surface area contributed by atoms with Crippen LogP contribution in [0.2, 0.25) is 0 Å². The molecule has 8 atom stereocenters. The van der Waals surface area contributed by atoms with Gasteiger partial charge in [-0.2, -0.15) is 0 Å². The van der Waals surface area contributed by atoms with Crippen LogP contribution in [0, 0.1) is 0 Å². The van der Waals surface area contributed by atoms with Crippen molar-refractivity contribution >= 4 is 19.8 Å². The van der Waals surface area contributed by atoms with Crippen molar-refractivity contribution < 1.29 is 63.1 Å². The van der Waals surface area contributed by atoms with Crippen molar-refractivity contribution in [1.29, 1.82) is 0 Å². The summed E-state index contributed by atoms with van der Waals surface area (Å²) in [6.07, 6.45) is 34.7. The van der Waals surface area contributed by atoms with Crippen LogP contribution in [0.3, 0.4) is 0 Å². The molecule has 61 heavy (non-hydrogen) atoms. The predicted molar refractivity (Wildman–Crippen MR) is 239 cm³/mol. The molecule has 0 aromatic rings. The van der Waals surface area contributed by atoms with Crippen molar-refractivity contribution in [1.82, 2.24) is 0 Å². The second-order valence-corrected chi connectivity index (χ2v) is 16.2. The lowest BCUT2D eigenvalue weighted by atomic mass is 9.85. The summed E-state index contributed by atoms with van der Waals surface area (Å²) in [7, 11) is -5.15. The zero-order valence-corrected chi connectivity index (χ0v) is 37.3. The van der Waals surface area contributed by atoms with Gasteiger partial charge in [-0.05, 0) is 89.9 Å². The van der Waals surface area contributed by atoms with Gasteiger partial charge in [-0.1, -0.05) is 124 Å². The third-order valence-electron chi connectivity index (χ3n) is 9.41. The molecule has 0 bridgehead atoms. The summed E-state index contributed by atoms with van der Waals surface area (Å²) in [6.45, 7) is 3.05. The number of carbonyl (C=O) groups excluding carboxylic acids is 2. The van der Waals surface area contributed by atoms with E-state index in [4.69, 9.17) is 18.5 Å². The van der Waals surface area contributed by atoms with E-state index in [1.165, 1.54) is 19.3 Å². The van der Waals surface area contributed by atoms with Gasteiger partial charge in [0.05, 0.1) is 6.61 Å². The van der Waals surface area contributed by atoms with Gasteiger partial charge in [0, 0.05) is 12.8 Å². The monoisotopic (exact) mass is 878 g/mol. The molecule has 0 aromatic heterocycles. The number of hydrogen-bond donors (Lipinski definition) is 6. The highest BCUT2D eigenvalue weighted by molar-refractivity contribution is 7.47. The fraction of sp³-hybridized carbons (Fsp3) is 0.617. The summed E-state index contributed by atoms with van der Waals surface area (Å²) in [4.78, 5) is 35.6. The molecule has 1 aliphatic rings. The number of hydrogen-bond acceptors (Lipinski definition) is 12. The molecule has 13 nitrogen and oxygen atoms in total. The Bertz CT molecular complexity index is 1430. The smallest absolute Gasteiger partial charge is 0.462 e. The molecule has 1 aliphatic carbocycles. The second kappa shape index (κ2) is 36.3. The molecule has 1 rings (SSSR count). The van der Waals surface area contributed by atoms with Crippen molar-refractivity contribution in [3.8, 4) is 0 Å². The van der Waals surface area contributed by atoms with Gasteiger partial charge in [0.1, 0.15) is 43.2 Å². The zero-order valence-electron chi connectivity index (χ0n) is 36.4. The lowest BCUT2D eigenvalue weighted by Crippen LogP contribution is -2.64. The van der Waals surface area contributed by atoms with Crippen LogP contribution in [0.5, 0.6) is 0 Å². The fourth-order valence-corrected chi connectivity index (χ4v) is 6.83. The number of phosphoric ester groups is 1. The molecule has 6 unspecified atom stereocenters. The van der Waals surface area contributed by atoms with Crippen LogP contribution in [0.4, 0.5) is 0 Å². The van der Waals surface area contributed by atoms with Crippen LogP contribution in [-0.2, 0) is 32.7 Å². The first-order chi connectivity index (χ1) is 29.4. The standard InChI is InChI=1S/C47H75O13P/c1-3-5-7-9-11-13-15-17-19-20-22-23-25-27-29-31-33-35-40(48)57-37-39(38-58-61(55,56)60-47-45(53)43(51)42(50)44(52)46(47)54)59-41(49)36-34-32-30-28-26-24-21-18-16-14-12-10-8-6-4-2/h6,8,11-14,17-19,21-23,26-29,39,42-47,50-54H,3-5,7,9-10,15-16,20,24-25,30-38H2,1-2H3,(H,55,56)/b8-6-,13-11-,14-12-,19-17-,21-18-,23-22-,28-26-,29-27-/t39-,42?,43-,44?,45?,46?,47?/m1/s1. The Labute approximate surface area is 364 Å². The molecule has 1 saturated carbocycles. The van der Waals surface area contributed by atoms with E-state index >= 15 is 0 Å². The largest absolute Gasteiger partial charge is 0.472 e. The molecule has 0 heterocycles. The fourth-order valence-electron chi connectivity index (χ4n) is 5.86. The molecule has 346 valence electrons. The maximum Gasteiger partial charge on any atom is 0.472 e. The number of carbonyl (C=O) groups is 2. The SMILES string of the molecule is CC/C=C\C/C=C\C/C=C\C/C=C\CCCCC(=O)O[C@H](COC(=O)CCC/C=C\C/C=C\C/C=C\C/C=C\CCCCC)COP(=O)(O)OC1C(O)C(O)C(O)[C@@H](O)C1O. The third-order valence-corrected chi connectivity index (χ3v) is 10.4. The number of aliphatic hydroxyl groups is 5. The molecule has 0 aromatic carbocycles. The Balaban J connectivity index is 2.57. The Kier molecular flexibility index (Phi) is 33.2. The molecular formula is C47H75O13P. The number of unbranched alkanes of at least 4 members (excludes halogenated alkanes) is 6. The van der Waals surface area contributed by atoms with Gasteiger partial charge in [0.25, 0.3) is 0 Å². The zero-order chi connectivity index (χ0) is 45.0. The van der Waals surface area contributed by atoms with Crippen molar-refractivity contribution in [2.24, 2.45) is 0 Å². The summed E-state index contributed by atoms with van der Waals surface area (Å²) >= 11 is 0. The van der Waals surface area contributed by atoms with E-state index in [-0.39, 0.29) is 12.8 Å². The van der Waals surface area contributed by atoms with Crippen molar-refractivity contribution in [2.75, 3.05) is 13.2 Å². The predicted octanol–water partition coefficient (Wildman–Crippen LogP) is 8.27. The Hall–Kier alpha value is -3.23. The highest BCUT2D eigenvalue weighted by Gasteiger charge is 2.51. The number of rotatable bonds is 34. The highest BCUT2D eigenvalue weighted by Crippen LogP contribution is 2.47. The Morgan fingerprint density at radius 3 is 1.41 bits per heavy atom. The Morgan fingerprint density at radius 2 is 0.934 bits per heavy atom. The molecule has 0 spiro atoms. The molecule has 0 amide bonds. The first-order valence-electron chi connectivity index (χ1n) is 22.0. The summed E-state index contributed by atoms with van der Waals surface area (Å²) in [5.74, 6) is -1.23. The molecule has 1 fully saturated rings.